The van der Waals surface area contributed by atoms with Gasteiger partial charge < -0.3 is 10.1 Å². The van der Waals surface area contributed by atoms with Crippen molar-refractivity contribution in [2.24, 2.45) is 5.92 Å². The Kier molecular flexibility index (Phi) is 3.67. The molecule has 0 amide bonds. The fraction of sp³-hybridized carbons (Fsp3) is 0.733. The van der Waals surface area contributed by atoms with E-state index in [1.54, 1.807) is 0 Å². The summed E-state index contributed by atoms with van der Waals surface area (Å²) in [6, 6.07) is 0.171. The van der Waals surface area contributed by atoms with E-state index in [2.05, 4.69) is 43.0 Å². The molecule has 19 heavy (non-hydrogen) atoms. The van der Waals surface area contributed by atoms with E-state index in [-0.39, 0.29) is 17.2 Å². The van der Waals surface area contributed by atoms with E-state index in [4.69, 9.17) is 4.74 Å². The number of hydrogen-bond donors (Lipinski definition) is 1. The van der Waals surface area contributed by atoms with Gasteiger partial charge in [0.15, 0.2) is 0 Å². The van der Waals surface area contributed by atoms with Gasteiger partial charge in [0.1, 0.15) is 0 Å². The maximum atomic E-state index is 6.19. The zero-order chi connectivity index (χ0) is 14.3. The molecule has 1 aliphatic heterocycles. The molecule has 106 valence electrons. The van der Waals surface area contributed by atoms with Crippen LogP contribution in [0, 0.1) is 12.8 Å². The molecule has 2 unspecified atom stereocenters. The molecule has 0 bridgehead atoms. The average Bonchev–Trinajstić information content (AvgIpc) is 2.51. The van der Waals surface area contributed by atoms with Crippen molar-refractivity contribution in [3.8, 4) is 0 Å². The number of hydrogen-bond acceptors (Lipinski definition) is 4. The smallest absolute Gasteiger partial charge is 0.0760 e. The second-order valence-electron chi connectivity index (χ2n) is 6.62. The van der Waals surface area contributed by atoms with Gasteiger partial charge in [-0.1, -0.05) is 0 Å². The second kappa shape index (κ2) is 4.84. The molecule has 1 fully saturated rings. The first kappa shape index (κ1) is 14.4. The Balaban J connectivity index is 2.29. The van der Waals surface area contributed by atoms with Crippen LogP contribution in [0.1, 0.15) is 51.5 Å². The highest BCUT2D eigenvalue weighted by Crippen LogP contribution is 2.47. The maximum absolute atomic E-state index is 6.19. The molecule has 0 aliphatic carbocycles. The summed E-state index contributed by atoms with van der Waals surface area (Å²) in [5, 5.41) is 3.39. The lowest BCUT2D eigenvalue weighted by Gasteiger charge is -2.32. The minimum Gasteiger partial charge on any atom is -0.369 e. The molecule has 0 radical (unpaired) electrons. The summed E-state index contributed by atoms with van der Waals surface area (Å²) in [5.41, 5.74) is 1.69. The van der Waals surface area contributed by atoms with Crippen molar-refractivity contribution in [1.82, 2.24) is 15.3 Å². The van der Waals surface area contributed by atoms with Gasteiger partial charge in [-0.05, 0) is 48.1 Å². The number of aromatic nitrogens is 2. The van der Waals surface area contributed by atoms with Gasteiger partial charge in [-0.15, -0.1) is 0 Å². The van der Waals surface area contributed by atoms with Crippen LogP contribution in [0.15, 0.2) is 12.4 Å². The standard InChI is InChI=1S/C15H25N3O/c1-10-8-18-12(9-17-10)13(16-6)11-7-14(2,3)19-15(11,4)5/h8-9,11,13,16H,7H2,1-6H3. The molecular formula is C15H25N3O. The van der Waals surface area contributed by atoms with E-state index in [1.807, 2.05) is 26.4 Å². The summed E-state index contributed by atoms with van der Waals surface area (Å²) in [6.45, 7) is 10.6. The molecule has 4 nitrogen and oxygen atoms in total. The van der Waals surface area contributed by atoms with Crippen molar-refractivity contribution in [1.29, 1.82) is 0 Å². The Labute approximate surface area is 116 Å². The molecule has 2 rings (SSSR count). The molecular weight excluding hydrogens is 238 g/mol. The summed E-state index contributed by atoms with van der Waals surface area (Å²) in [5.74, 6) is 0.379. The zero-order valence-electron chi connectivity index (χ0n) is 12.8. The van der Waals surface area contributed by atoms with Crippen LogP contribution in [0.2, 0.25) is 0 Å². The van der Waals surface area contributed by atoms with E-state index < -0.39 is 0 Å². The monoisotopic (exact) mass is 263 g/mol. The topological polar surface area (TPSA) is 47.0 Å². The van der Waals surface area contributed by atoms with Gasteiger partial charge in [0.2, 0.25) is 0 Å². The lowest BCUT2D eigenvalue weighted by Crippen LogP contribution is -2.37. The summed E-state index contributed by atoms with van der Waals surface area (Å²) < 4.78 is 6.19. The molecule has 1 aromatic rings. The molecule has 0 aromatic carbocycles. The van der Waals surface area contributed by atoms with Gasteiger partial charge >= 0.3 is 0 Å². The predicted molar refractivity (Wildman–Crippen MR) is 75.9 cm³/mol. The number of nitrogens with zero attached hydrogens (tertiary/aromatic N) is 2. The largest absolute Gasteiger partial charge is 0.369 e. The minimum absolute atomic E-state index is 0.0820. The third kappa shape index (κ3) is 2.95. The van der Waals surface area contributed by atoms with Crippen LogP contribution in [-0.2, 0) is 4.74 Å². The van der Waals surface area contributed by atoms with Crippen molar-refractivity contribution in [3.05, 3.63) is 23.8 Å². The highest BCUT2D eigenvalue weighted by Gasteiger charge is 2.49. The zero-order valence-corrected chi connectivity index (χ0v) is 12.8. The van der Waals surface area contributed by atoms with Crippen molar-refractivity contribution in [2.45, 2.75) is 58.3 Å². The highest BCUT2D eigenvalue weighted by atomic mass is 16.5. The summed E-state index contributed by atoms with van der Waals surface area (Å²) in [4.78, 5) is 8.89. The van der Waals surface area contributed by atoms with Crippen LogP contribution in [0.4, 0.5) is 0 Å². The van der Waals surface area contributed by atoms with Gasteiger partial charge in [-0.25, -0.2) is 0 Å². The van der Waals surface area contributed by atoms with Crippen LogP contribution in [0.25, 0.3) is 0 Å². The first-order chi connectivity index (χ1) is 8.75. The fourth-order valence-electron chi connectivity index (χ4n) is 3.24. The van der Waals surface area contributed by atoms with Crippen LogP contribution >= 0.6 is 0 Å². The molecule has 1 aromatic heterocycles. The maximum Gasteiger partial charge on any atom is 0.0760 e. The highest BCUT2D eigenvalue weighted by molar-refractivity contribution is 5.11. The van der Waals surface area contributed by atoms with E-state index in [0.717, 1.165) is 17.8 Å². The number of ether oxygens (including phenoxy) is 1. The summed E-state index contributed by atoms with van der Waals surface area (Å²) >= 11 is 0. The third-order valence-electron chi connectivity index (χ3n) is 3.98. The van der Waals surface area contributed by atoms with Gasteiger partial charge in [0, 0.05) is 12.1 Å². The van der Waals surface area contributed by atoms with Gasteiger partial charge in [-0.3, -0.25) is 9.97 Å². The first-order valence-corrected chi connectivity index (χ1v) is 6.91. The van der Waals surface area contributed by atoms with E-state index in [0.29, 0.717) is 5.92 Å². The normalized spacial score (nSPS) is 26.3. The lowest BCUT2D eigenvalue weighted by molar-refractivity contribution is -0.0778. The second-order valence-corrected chi connectivity index (χ2v) is 6.62. The Morgan fingerprint density at radius 1 is 1.26 bits per heavy atom. The van der Waals surface area contributed by atoms with Crippen LogP contribution in [-0.4, -0.2) is 28.2 Å². The quantitative estimate of drug-likeness (QED) is 0.910. The number of aryl methyl sites for hydroxylation is 1. The fourth-order valence-corrected chi connectivity index (χ4v) is 3.24. The van der Waals surface area contributed by atoms with Gasteiger partial charge in [0.05, 0.1) is 34.8 Å². The first-order valence-electron chi connectivity index (χ1n) is 6.91. The number of rotatable bonds is 3. The van der Waals surface area contributed by atoms with Gasteiger partial charge in [-0.2, -0.15) is 0 Å². The van der Waals surface area contributed by atoms with Crippen molar-refractivity contribution in [2.75, 3.05) is 7.05 Å². The van der Waals surface area contributed by atoms with Crippen molar-refractivity contribution in [3.63, 3.8) is 0 Å². The van der Waals surface area contributed by atoms with E-state index in [9.17, 15) is 0 Å². The van der Waals surface area contributed by atoms with Crippen molar-refractivity contribution >= 4 is 0 Å². The Bertz CT molecular complexity index is 439. The Morgan fingerprint density at radius 3 is 2.37 bits per heavy atom. The van der Waals surface area contributed by atoms with Gasteiger partial charge in [0.25, 0.3) is 0 Å². The third-order valence-corrected chi connectivity index (χ3v) is 3.98. The van der Waals surface area contributed by atoms with Crippen LogP contribution < -0.4 is 5.32 Å². The Morgan fingerprint density at radius 2 is 1.95 bits per heavy atom. The molecule has 2 heterocycles. The average molecular weight is 263 g/mol. The summed E-state index contributed by atoms with van der Waals surface area (Å²) in [6.07, 6.45) is 4.71. The summed E-state index contributed by atoms with van der Waals surface area (Å²) in [7, 11) is 1.98. The van der Waals surface area contributed by atoms with E-state index >= 15 is 0 Å². The van der Waals surface area contributed by atoms with Crippen LogP contribution in [0.3, 0.4) is 0 Å². The van der Waals surface area contributed by atoms with Crippen LogP contribution in [0.5, 0.6) is 0 Å². The molecule has 1 saturated heterocycles. The molecule has 1 aliphatic rings. The molecule has 4 heteroatoms. The lowest BCUT2D eigenvalue weighted by atomic mass is 9.80. The molecule has 0 spiro atoms. The molecule has 0 saturated carbocycles. The minimum atomic E-state index is -0.163. The van der Waals surface area contributed by atoms with Crippen molar-refractivity contribution < 1.29 is 4.74 Å². The SMILES string of the molecule is CNC(c1cnc(C)cn1)C1CC(C)(C)OC1(C)C. The predicted octanol–water partition coefficient (Wildman–Crippen LogP) is 2.64. The number of nitrogens with one attached hydrogen (secondary N) is 1. The van der Waals surface area contributed by atoms with E-state index in [1.165, 1.54) is 0 Å². The Hall–Kier alpha value is -1.00. The molecule has 1 N–H and O–H groups in total. The molecule has 2 atom stereocenters.